The summed E-state index contributed by atoms with van der Waals surface area (Å²) in [7, 11) is 1.57. The summed E-state index contributed by atoms with van der Waals surface area (Å²) in [6.07, 6.45) is 1.70. The molecule has 5 nitrogen and oxygen atoms in total. The van der Waals surface area contributed by atoms with Crippen molar-refractivity contribution in [2.24, 2.45) is 0 Å². The van der Waals surface area contributed by atoms with Crippen molar-refractivity contribution >= 4 is 29.0 Å². The van der Waals surface area contributed by atoms with Crippen LogP contribution in [0.1, 0.15) is 23.6 Å². The molecule has 27 heavy (non-hydrogen) atoms. The molecule has 2 aromatic carbocycles. The lowest BCUT2D eigenvalue weighted by molar-refractivity contribution is -0.122. The number of likely N-dealkylation sites (N-methyl/N-ethyl adjacent to an activating group) is 1. The summed E-state index contributed by atoms with van der Waals surface area (Å²) >= 11 is 0.954. The summed E-state index contributed by atoms with van der Waals surface area (Å²) in [6.45, 7) is 4.63. The molecule has 0 N–H and O–H groups in total. The van der Waals surface area contributed by atoms with Crippen LogP contribution < -0.4 is 9.47 Å². The van der Waals surface area contributed by atoms with E-state index in [1.165, 1.54) is 10.5 Å². The molecule has 0 radical (unpaired) electrons. The van der Waals surface area contributed by atoms with E-state index in [1.807, 2.05) is 43.3 Å². The van der Waals surface area contributed by atoms with E-state index >= 15 is 0 Å². The molecule has 0 aromatic heterocycles. The molecule has 1 fully saturated rings. The molecule has 0 spiro atoms. The highest BCUT2D eigenvalue weighted by molar-refractivity contribution is 8.18. The summed E-state index contributed by atoms with van der Waals surface area (Å²) in [5, 5.41) is -0.237. The van der Waals surface area contributed by atoms with Crippen molar-refractivity contribution < 1.29 is 19.1 Å². The summed E-state index contributed by atoms with van der Waals surface area (Å²) in [5.41, 5.74) is 3.05. The van der Waals surface area contributed by atoms with Crippen LogP contribution >= 0.6 is 11.8 Å². The number of hydrogen-bond acceptors (Lipinski definition) is 5. The Bertz CT molecular complexity index is 890. The molecule has 0 saturated carbocycles. The number of carbonyl (C=O) groups is 2. The molecule has 1 heterocycles. The Kier molecular flexibility index (Phi) is 5.86. The highest BCUT2D eigenvalue weighted by Gasteiger charge is 2.33. The molecular weight excluding hydrogens is 362 g/mol. The van der Waals surface area contributed by atoms with Gasteiger partial charge in [-0.25, -0.2) is 0 Å². The number of methoxy groups -OCH3 is 1. The van der Waals surface area contributed by atoms with Crippen LogP contribution in [0.2, 0.25) is 0 Å². The molecular formula is C21H21NO4S. The van der Waals surface area contributed by atoms with E-state index in [1.54, 1.807) is 26.2 Å². The summed E-state index contributed by atoms with van der Waals surface area (Å²) < 4.78 is 11.3. The van der Waals surface area contributed by atoms with Gasteiger partial charge >= 0.3 is 0 Å². The van der Waals surface area contributed by atoms with Crippen LogP contribution in [-0.4, -0.2) is 29.7 Å². The molecule has 1 aliphatic rings. The van der Waals surface area contributed by atoms with Crippen molar-refractivity contribution in [3.63, 3.8) is 0 Å². The maximum Gasteiger partial charge on any atom is 0.293 e. The molecule has 0 atom stereocenters. The standard InChI is InChI=1S/C21H21NO4S/c1-4-22-20(23)19(27-21(22)24)12-16-9-10-17(18(11-16)25-3)26-13-15-7-5-14(2)6-8-15/h5-12H,4,13H2,1-3H3/b19-12-. The minimum atomic E-state index is -0.258. The SMILES string of the molecule is CCN1C(=O)S/C(=C\c2ccc(OCc3ccc(C)cc3)c(OC)c2)C1=O. The van der Waals surface area contributed by atoms with Gasteiger partial charge in [0.25, 0.3) is 11.1 Å². The average molecular weight is 383 g/mol. The maximum absolute atomic E-state index is 12.2. The van der Waals surface area contributed by atoms with Crippen molar-refractivity contribution in [2.75, 3.05) is 13.7 Å². The van der Waals surface area contributed by atoms with Gasteiger partial charge in [0.15, 0.2) is 11.5 Å². The van der Waals surface area contributed by atoms with Gasteiger partial charge in [-0.15, -0.1) is 0 Å². The number of amides is 2. The number of carbonyl (C=O) groups excluding carboxylic acids is 2. The topological polar surface area (TPSA) is 55.8 Å². The molecule has 140 valence electrons. The van der Waals surface area contributed by atoms with Crippen molar-refractivity contribution in [1.29, 1.82) is 0 Å². The number of benzene rings is 2. The molecule has 1 saturated heterocycles. The van der Waals surface area contributed by atoms with Crippen LogP contribution in [0.25, 0.3) is 6.08 Å². The van der Waals surface area contributed by atoms with Crippen LogP contribution in [0.3, 0.4) is 0 Å². The van der Waals surface area contributed by atoms with Gasteiger partial charge in [0.2, 0.25) is 0 Å². The predicted octanol–water partition coefficient (Wildman–Crippen LogP) is 4.64. The van der Waals surface area contributed by atoms with Gasteiger partial charge in [0.1, 0.15) is 6.61 Å². The third-order valence-corrected chi connectivity index (χ3v) is 5.10. The number of aryl methyl sites for hydroxylation is 1. The molecule has 0 aliphatic carbocycles. The number of thioether (sulfide) groups is 1. The summed E-state index contributed by atoms with van der Waals surface area (Å²) in [5.74, 6) is 0.939. The van der Waals surface area contributed by atoms with Gasteiger partial charge in [-0.05, 0) is 54.9 Å². The lowest BCUT2D eigenvalue weighted by atomic mass is 10.1. The zero-order valence-electron chi connectivity index (χ0n) is 15.5. The zero-order chi connectivity index (χ0) is 19.4. The Hall–Kier alpha value is -2.73. The van der Waals surface area contributed by atoms with Crippen molar-refractivity contribution in [2.45, 2.75) is 20.5 Å². The first kappa shape index (κ1) is 19.0. The first-order valence-electron chi connectivity index (χ1n) is 8.63. The van der Waals surface area contributed by atoms with E-state index in [-0.39, 0.29) is 11.1 Å². The van der Waals surface area contributed by atoms with E-state index in [2.05, 4.69) is 0 Å². The first-order valence-corrected chi connectivity index (χ1v) is 9.45. The van der Waals surface area contributed by atoms with Crippen molar-refractivity contribution in [3.8, 4) is 11.5 Å². The fourth-order valence-corrected chi connectivity index (χ4v) is 3.57. The lowest BCUT2D eigenvalue weighted by Gasteiger charge is -2.12. The Balaban J connectivity index is 1.76. The van der Waals surface area contributed by atoms with Crippen LogP contribution in [0.5, 0.6) is 11.5 Å². The van der Waals surface area contributed by atoms with Crippen LogP contribution in [-0.2, 0) is 11.4 Å². The molecule has 3 rings (SSSR count). The monoisotopic (exact) mass is 383 g/mol. The van der Waals surface area contributed by atoms with Gasteiger partial charge in [-0.1, -0.05) is 35.9 Å². The Morgan fingerprint density at radius 1 is 1.07 bits per heavy atom. The van der Waals surface area contributed by atoms with E-state index < -0.39 is 0 Å². The molecule has 0 unspecified atom stereocenters. The average Bonchev–Trinajstić information content (AvgIpc) is 2.94. The second kappa shape index (κ2) is 8.31. The number of imide groups is 1. The van der Waals surface area contributed by atoms with E-state index in [0.29, 0.717) is 29.6 Å². The van der Waals surface area contributed by atoms with Crippen LogP contribution in [0.4, 0.5) is 4.79 Å². The highest BCUT2D eigenvalue weighted by atomic mass is 32.2. The smallest absolute Gasteiger partial charge is 0.293 e. The fourth-order valence-electron chi connectivity index (χ4n) is 2.66. The summed E-state index contributed by atoms with van der Waals surface area (Å²) in [4.78, 5) is 25.7. The number of rotatable bonds is 6. The maximum atomic E-state index is 12.2. The van der Waals surface area contributed by atoms with Gasteiger partial charge in [0.05, 0.1) is 12.0 Å². The second-order valence-electron chi connectivity index (χ2n) is 6.11. The minimum absolute atomic E-state index is 0.237. The Morgan fingerprint density at radius 3 is 2.44 bits per heavy atom. The molecule has 6 heteroatoms. The minimum Gasteiger partial charge on any atom is -0.493 e. The normalized spacial score (nSPS) is 15.5. The molecule has 2 amide bonds. The summed E-state index contributed by atoms with van der Waals surface area (Å²) in [6, 6.07) is 13.6. The zero-order valence-corrected chi connectivity index (χ0v) is 16.3. The first-order chi connectivity index (χ1) is 13.0. The van der Waals surface area contributed by atoms with Gasteiger partial charge in [-0.2, -0.15) is 0 Å². The predicted molar refractivity (Wildman–Crippen MR) is 107 cm³/mol. The third kappa shape index (κ3) is 4.34. The largest absolute Gasteiger partial charge is 0.493 e. The van der Waals surface area contributed by atoms with Gasteiger partial charge in [0, 0.05) is 6.54 Å². The quantitative estimate of drug-likeness (QED) is 0.680. The van der Waals surface area contributed by atoms with Crippen molar-refractivity contribution in [1.82, 2.24) is 4.90 Å². The number of nitrogens with zero attached hydrogens (tertiary/aromatic N) is 1. The van der Waals surface area contributed by atoms with Gasteiger partial charge in [-0.3, -0.25) is 14.5 Å². The van der Waals surface area contributed by atoms with Crippen LogP contribution in [0, 0.1) is 6.92 Å². The number of hydrogen-bond donors (Lipinski definition) is 0. The molecule has 1 aliphatic heterocycles. The van der Waals surface area contributed by atoms with E-state index in [4.69, 9.17) is 9.47 Å². The third-order valence-electron chi connectivity index (χ3n) is 4.19. The lowest BCUT2D eigenvalue weighted by Crippen LogP contribution is -2.27. The number of ether oxygens (including phenoxy) is 2. The van der Waals surface area contributed by atoms with E-state index in [0.717, 1.165) is 22.9 Å². The van der Waals surface area contributed by atoms with E-state index in [9.17, 15) is 9.59 Å². The molecule has 2 aromatic rings. The highest BCUT2D eigenvalue weighted by Crippen LogP contribution is 2.34. The molecule has 0 bridgehead atoms. The Labute approximate surface area is 163 Å². The fraction of sp³-hybridized carbons (Fsp3) is 0.238. The van der Waals surface area contributed by atoms with Gasteiger partial charge < -0.3 is 9.47 Å². The van der Waals surface area contributed by atoms with Crippen molar-refractivity contribution in [3.05, 3.63) is 64.1 Å². The van der Waals surface area contributed by atoms with Crippen LogP contribution in [0.15, 0.2) is 47.4 Å². The second-order valence-corrected chi connectivity index (χ2v) is 7.10. The Morgan fingerprint density at radius 2 is 1.81 bits per heavy atom.